The zero-order chi connectivity index (χ0) is 16.7. The minimum atomic E-state index is -0.103. The van der Waals surface area contributed by atoms with Gasteiger partial charge < -0.3 is 10.2 Å². The molecule has 0 atom stereocenters. The molecular formula is C19H22N2O2. The second kappa shape index (κ2) is 8.13. The lowest BCUT2D eigenvalue weighted by atomic mass is 10.1. The van der Waals surface area contributed by atoms with Gasteiger partial charge in [-0.25, -0.2) is 0 Å². The summed E-state index contributed by atoms with van der Waals surface area (Å²) in [6, 6.07) is 16.5. The third kappa shape index (κ3) is 4.42. The van der Waals surface area contributed by atoms with Gasteiger partial charge in [-0.15, -0.1) is 0 Å². The Bertz CT molecular complexity index is 647. The Morgan fingerprint density at radius 2 is 1.48 bits per heavy atom. The van der Waals surface area contributed by atoms with Gasteiger partial charge in [0.15, 0.2) is 0 Å². The van der Waals surface area contributed by atoms with E-state index >= 15 is 0 Å². The van der Waals surface area contributed by atoms with Gasteiger partial charge in [-0.2, -0.15) is 0 Å². The molecule has 0 radical (unpaired) electrons. The molecule has 0 spiro atoms. The number of nitrogens with one attached hydrogen (secondary N) is 1. The molecule has 0 heterocycles. The summed E-state index contributed by atoms with van der Waals surface area (Å²) in [4.78, 5) is 26.0. The van der Waals surface area contributed by atoms with Crippen molar-refractivity contribution in [2.24, 2.45) is 0 Å². The number of carbonyl (C=O) groups is 2. The Labute approximate surface area is 137 Å². The molecule has 2 aromatic rings. The van der Waals surface area contributed by atoms with E-state index in [2.05, 4.69) is 5.32 Å². The average molecular weight is 310 g/mol. The average Bonchev–Trinajstić information content (AvgIpc) is 2.61. The van der Waals surface area contributed by atoms with E-state index in [0.29, 0.717) is 30.8 Å². The van der Waals surface area contributed by atoms with Crippen molar-refractivity contribution in [1.82, 2.24) is 10.2 Å². The van der Waals surface area contributed by atoms with Crippen LogP contribution < -0.4 is 5.32 Å². The molecule has 0 aliphatic carbocycles. The van der Waals surface area contributed by atoms with Crippen molar-refractivity contribution in [2.75, 3.05) is 13.1 Å². The van der Waals surface area contributed by atoms with Gasteiger partial charge in [0.05, 0.1) is 0 Å². The molecule has 4 nitrogen and oxygen atoms in total. The van der Waals surface area contributed by atoms with E-state index in [9.17, 15) is 9.59 Å². The van der Waals surface area contributed by atoms with Crippen molar-refractivity contribution in [1.29, 1.82) is 0 Å². The Morgan fingerprint density at radius 1 is 0.870 bits per heavy atom. The third-order valence-electron chi connectivity index (χ3n) is 3.74. The number of rotatable bonds is 6. The van der Waals surface area contributed by atoms with E-state index in [1.54, 1.807) is 17.0 Å². The van der Waals surface area contributed by atoms with Gasteiger partial charge in [-0.3, -0.25) is 9.59 Å². The maximum Gasteiger partial charge on any atom is 0.253 e. The van der Waals surface area contributed by atoms with E-state index in [0.717, 1.165) is 5.56 Å². The van der Waals surface area contributed by atoms with E-state index in [1.807, 2.05) is 56.3 Å². The Kier molecular flexibility index (Phi) is 5.92. The number of hydrogen-bond acceptors (Lipinski definition) is 2. The fourth-order valence-electron chi connectivity index (χ4n) is 2.33. The van der Waals surface area contributed by atoms with Crippen molar-refractivity contribution >= 4 is 11.8 Å². The summed E-state index contributed by atoms with van der Waals surface area (Å²) in [7, 11) is 0. The predicted molar refractivity (Wildman–Crippen MR) is 91.3 cm³/mol. The van der Waals surface area contributed by atoms with Crippen LogP contribution in [0.3, 0.4) is 0 Å². The highest BCUT2D eigenvalue weighted by atomic mass is 16.2. The standard InChI is InChI=1S/C19H22N2O2/c1-3-21(4-2)19(23)17-12-10-15(11-13-17)14-20-18(22)16-8-6-5-7-9-16/h5-13H,3-4,14H2,1-2H3,(H,20,22). The number of nitrogens with zero attached hydrogens (tertiary/aromatic N) is 1. The van der Waals surface area contributed by atoms with Crippen molar-refractivity contribution < 1.29 is 9.59 Å². The SMILES string of the molecule is CCN(CC)C(=O)c1ccc(CNC(=O)c2ccccc2)cc1. The molecule has 2 aromatic carbocycles. The molecule has 0 aliphatic heterocycles. The lowest BCUT2D eigenvalue weighted by Gasteiger charge is -2.18. The van der Waals surface area contributed by atoms with Crippen LogP contribution in [0.25, 0.3) is 0 Å². The van der Waals surface area contributed by atoms with E-state index < -0.39 is 0 Å². The minimum Gasteiger partial charge on any atom is -0.348 e. The molecule has 2 amide bonds. The van der Waals surface area contributed by atoms with Crippen LogP contribution >= 0.6 is 0 Å². The zero-order valence-corrected chi connectivity index (χ0v) is 13.6. The van der Waals surface area contributed by atoms with Crippen LogP contribution in [-0.2, 0) is 6.54 Å². The number of hydrogen-bond donors (Lipinski definition) is 1. The molecule has 0 aliphatic rings. The predicted octanol–water partition coefficient (Wildman–Crippen LogP) is 3.10. The molecule has 0 unspecified atom stereocenters. The summed E-state index contributed by atoms with van der Waals surface area (Å²) >= 11 is 0. The van der Waals surface area contributed by atoms with Crippen molar-refractivity contribution in [3.8, 4) is 0 Å². The third-order valence-corrected chi connectivity index (χ3v) is 3.74. The summed E-state index contributed by atoms with van der Waals surface area (Å²) in [5, 5.41) is 2.87. The van der Waals surface area contributed by atoms with Crippen LogP contribution in [0.2, 0.25) is 0 Å². The Balaban J connectivity index is 1.95. The van der Waals surface area contributed by atoms with Crippen molar-refractivity contribution in [3.05, 3.63) is 71.3 Å². The summed E-state index contributed by atoms with van der Waals surface area (Å²) in [5.41, 5.74) is 2.28. The van der Waals surface area contributed by atoms with Crippen LogP contribution in [0.4, 0.5) is 0 Å². The molecule has 120 valence electrons. The van der Waals surface area contributed by atoms with Gasteiger partial charge >= 0.3 is 0 Å². The lowest BCUT2D eigenvalue weighted by Crippen LogP contribution is -2.30. The molecule has 23 heavy (non-hydrogen) atoms. The molecule has 2 rings (SSSR count). The van der Waals surface area contributed by atoms with Gasteiger partial charge in [0.25, 0.3) is 11.8 Å². The normalized spacial score (nSPS) is 10.2. The van der Waals surface area contributed by atoms with Gasteiger partial charge in [0.1, 0.15) is 0 Å². The first-order valence-electron chi connectivity index (χ1n) is 7.87. The van der Waals surface area contributed by atoms with Gasteiger partial charge in [-0.05, 0) is 43.7 Å². The van der Waals surface area contributed by atoms with E-state index in [4.69, 9.17) is 0 Å². The highest BCUT2D eigenvalue weighted by molar-refractivity contribution is 5.95. The van der Waals surface area contributed by atoms with Gasteiger partial charge in [0.2, 0.25) is 0 Å². The molecule has 0 fully saturated rings. The van der Waals surface area contributed by atoms with Crippen LogP contribution in [0.1, 0.15) is 40.1 Å². The van der Waals surface area contributed by atoms with E-state index in [1.165, 1.54) is 0 Å². The number of amides is 2. The monoisotopic (exact) mass is 310 g/mol. The first-order valence-corrected chi connectivity index (χ1v) is 7.87. The first kappa shape index (κ1) is 16.7. The molecule has 0 bridgehead atoms. The molecule has 0 aromatic heterocycles. The molecule has 0 saturated carbocycles. The summed E-state index contributed by atoms with van der Waals surface area (Å²) in [6.45, 7) is 5.77. The molecule has 4 heteroatoms. The second-order valence-corrected chi connectivity index (χ2v) is 5.22. The number of benzene rings is 2. The van der Waals surface area contributed by atoms with Crippen LogP contribution in [-0.4, -0.2) is 29.8 Å². The summed E-state index contributed by atoms with van der Waals surface area (Å²) < 4.78 is 0. The Morgan fingerprint density at radius 3 is 2.04 bits per heavy atom. The Hall–Kier alpha value is -2.62. The smallest absolute Gasteiger partial charge is 0.253 e. The fraction of sp³-hybridized carbons (Fsp3) is 0.263. The van der Waals surface area contributed by atoms with Crippen LogP contribution in [0.15, 0.2) is 54.6 Å². The van der Waals surface area contributed by atoms with E-state index in [-0.39, 0.29) is 11.8 Å². The second-order valence-electron chi connectivity index (χ2n) is 5.22. The highest BCUT2D eigenvalue weighted by Gasteiger charge is 2.12. The largest absolute Gasteiger partial charge is 0.348 e. The minimum absolute atomic E-state index is 0.0369. The summed E-state index contributed by atoms with van der Waals surface area (Å²) in [6.07, 6.45) is 0. The highest BCUT2D eigenvalue weighted by Crippen LogP contribution is 2.08. The topological polar surface area (TPSA) is 49.4 Å². The first-order chi connectivity index (χ1) is 11.2. The zero-order valence-electron chi connectivity index (χ0n) is 13.6. The molecule has 1 N–H and O–H groups in total. The van der Waals surface area contributed by atoms with Gasteiger partial charge in [0, 0.05) is 30.8 Å². The molecular weight excluding hydrogens is 288 g/mol. The quantitative estimate of drug-likeness (QED) is 0.891. The van der Waals surface area contributed by atoms with Gasteiger partial charge in [-0.1, -0.05) is 30.3 Å². The molecule has 0 saturated heterocycles. The van der Waals surface area contributed by atoms with Crippen LogP contribution in [0.5, 0.6) is 0 Å². The maximum absolute atomic E-state index is 12.2. The fourth-order valence-corrected chi connectivity index (χ4v) is 2.33. The number of carbonyl (C=O) groups excluding carboxylic acids is 2. The van der Waals surface area contributed by atoms with Crippen molar-refractivity contribution in [3.63, 3.8) is 0 Å². The lowest BCUT2D eigenvalue weighted by molar-refractivity contribution is 0.0772. The summed E-state index contributed by atoms with van der Waals surface area (Å²) in [5.74, 6) is -0.0660. The van der Waals surface area contributed by atoms with Crippen LogP contribution in [0, 0.1) is 0 Å². The maximum atomic E-state index is 12.2. The van der Waals surface area contributed by atoms with Crippen molar-refractivity contribution in [2.45, 2.75) is 20.4 Å².